The number of β-amino-alcohol motifs (C(OH)–C–C–N with tert-alkyl or cyclic N) is 1. The zero-order chi connectivity index (χ0) is 13.2. The maximum Gasteiger partial charge on any atom is 0.244 e. The Balaban J connectivity index is 1.88. The molecule has 1 aromatic carbocycles. The third kappa shape index (κ3) is 2.32. The SMILES string of the molecule is COc1ccccc1-c1noc([C@@H]2CC(O)CN2)n1. The molecule has 0 radical (unpaired) electrons. The largest absolute Gasteiger partial charge is 0.496 e. The number of methoxy groups -OCH3 is 1. The van der Waals surface area contributed by atoms with E-state index in [1.165, 1.54) is 0 Å². The topological polar surface area (TPSA) is 80.4 Å². The Labute approximate surface area is 110 Å². The molecule has 1 fully saturated rings. The van der Waals surface area contributed by atoms with E-state index in [9.17, 15) is 5.11 Å². The average Bonchev–Trinajstić information content (AvgIpc) is 3.07. The Morgan fingerprint density at radius 1 is 1.42 bits per heavy atom. The first-order valence-electron chi connectivity index (χ1n) is 6.16. The van der Waals surface area contributed by atoms with Crippen LogP contribution in [0.4, 0.5) is 0 Å². The molecule has 0 amide bonds. The van der Waals surface area contributed by atoms with Gasteiger partial charge in [-0.25, -0.2) is 0 Å². The van der Waals surface area contributed by atoms with E-state index in [4.69, 9.17) is 9.26 Å². The molecule has 6 nitrogen and oxygen atoms in total. The maximum absolute atomic E-state index is 9.49. The molecule has 100 valence electrons. The van der Waals surface area contributed by atoms with Crippen molar-refractivity contribution in [3.05, 3.63) is 30.2 Å². The van der Waals surface area contributed by atoms with Gasteiger partial charge in [-0.15, -0.1) is 0 Å². The van der Waals surface area contributed by atoms with Gasteiger partial charge in [-0.1, -0.05) is 17.3 Å². The second kappa shape index (κ2) is 4.99. The quantitative estimate of drug-likeness (QED) is 0.862. The third-order valence-electron chi connectivity index (χ3n) is 3.20. The number of rotatable bonds is 3. The van der Waals surface area contributed by atoms with E-state index in [0.717, 1.165) is 5.56 Å². The standard InChI is InChI=1S/C13H15N3O3/c1-18-11-5-3-2-4-9(11)12-15-13(19-16-12)10-6-8(17)7-14-10/h2-5,8,10,14,17H,6-7H2,1H3/t8?,10-/m0/s1. The highest BCUT2D eigenvalue weighted by molar-refractivity contribution is 5.63. The number of nitrogens with one attached hydrogen (secondary N) is 1. The summed E-state index contributed by atoms with van der Waals surface area (Å²) in [5.74, 6) is 1.70. The molecule has 0 saturated carbocycles. The fourth-order valence-electron chi connectivity index (χ4n) is 2.22. The van der Waals surface area contributed by atoms with E-state index in [0.29, 0.717) is 30.4 Å². The number of aliphatic hydroxyl groups excluding tert-OH is 1. The van der Waals surface area contributed by atoms with Gasteiger partial charge in [0.2, 0.25) is 11.7 Å². The fraction of sp³-hybridized carbons (Fsp3) is 0.385. The van der Waals surface area contributed by atoms with E-state index < -0.39 is 0 Å². The van der Waals surface area contributed by atoms with Crippen molar-refractivity contribution in [1.82, 2.24) is 15.5 Å². The van der Waals surface area contributed by atoms with Crippen LogP contribution in [0.3, 0.4) is 0 Å². The van der Waals surface area contributed by atoms with Gasteiger partial charge in [0, 0.05) is 6.54 Å². The van der Waals surface area contributed by atoms with Crippen LogP contribution in [0.1, 0.15) is 18.4 Å². The second-order valence-corrected chi connectivity index (χ2v) is 4.51. The molecule has 2 aromatic rings. The smallest absolute Gasteiger partial charge is 0.244 e. The van der Waals surface area contributed by atoms with E-state index in [-0.39, 0.29) is 12.1 Å². The molecule has 1 aromatic heterocycles. The number of aromatic nitrogens is 2. The summed E-state index contributed by atoms with van der Waals surface area (Å²) in [5.41, 5.74) is 0.790. The van der Waals surface area contributed by atoms with Crippen LogP contribution in [-0.4, -0.2) is 35.0 Å². The van der Waals surface area contributed by atoms with Gasteiger partial charge >= 0.3 is 0 Å². The molecule has 1 saturated heterocycles. The lowest BCUT2D eigenvalue weighted by molar-refractivity contribution is 0.191. The number of hydrogen-bond acceptors (Lipinski definition) is 6. The minimum Gasteiger partial charge on any atom is -0.496 e. The van der Waals surface area contributed by atoms with Gasteiger partial charge in [-0.3, -0.25) is 0 Å². The number of ether oxygens (including phenoxy) is 1. The number of aliphatic hydroxyl groups is 1. The summed E-state index contributed by atoms with van der Waals surface area (Å²) in [5, 5.41) is 16.6. The first-order valence-corrected chi connectivity index (χ1v) is 6.16. The van der Waals surface area contributed by atoms with E-state index in [2.05, 4.69) is 15.5 Å². The molecule has 0 aliphatic carbocycles. The van der Waals surface area contributed by atoms with Gasteiger partial charge in [-0.05, 0) is 18.6 Å². The van der Waals surface area contributed by atoms with Crippen molar-refractivity contribution in [2.24, 2.45) is 0 Å². The molecule has 1 aliphatic heterocycles. The maximum atomic E-state index is 9.49. The minimum atomic E-state index is -0.355. The van der Waals surface area contributed by atoms with Crippen LogP contribution >= 0.6 is 0 Å². The van der Waals surface area contributed by atoms with Gasteiger partial charge in [0.15, 0.2) is 0 Å². The van der Waals surface area contributed by atoms with Crippen molar-refractivity contribution < 1.29 is 14.4 Å². The number of nitrogens with zero attached hydrogens (tertiary/aromatic N) is 2. The fourth-order valence-corrected chi connectivity index (χ4v) is 2.22. The van der Waals surface area contributed by atoms with Crippen molar-refractivity contribution in [1.29, 1.82) is 0 Å². The minimum absolute atomic E-state index is 0.0778. The van der Waals surface area contributed by atoms with Crippen LogP contribution in [0.5, 0.6) is 5.75 Å². The van der Waals surface area contributed by atoms with Crippen LogP contribution in [-0.2, 0) is 0 Å². The first-order chi connectivity index (χ1) is 9.28. The summed E-state index contributed by atoms with van der Waals surface area (Å²) in [6.07, 6.45) is 0.236. The molecule has 0 bridgehead atoms. The summed E-state index contributed by atoms with van der Waals surface area (Å²) in [6, 6.07) is 7.43. The zero-order valence-electron chi connectivity index (χ0n) is 10.5. The summed E-state index contributed by atoms with van der Waals surface area (Å²) >= 11 is 0. The molecular weight excluding hydrogens is 246 g/mol. The predicted octanol–water partition coefficient (Wildman–Crippen LogP) is 1.14. The molecule has 1 unspecified atom stereocenters. The lowest BCUT2D eigenvalue weighted by atomic mass is 10.2. The lowest BCUT2D eigenvalue weighted by Crippen LogP contribution is -2.15. The van der Waals surface area contributed by atoms with Crippen LogP contribution in [0, 0.1) is 0 Å². The number of benzene rings is 1. The summed E-state index contributed by atoms with van der Waals surface area (Å²) in [6.45, 7) is 0.553. The van der Waals surface area contributed by atoms with Crippen molar-refractivity contribution in [3.63, 3.8) is 0 Å². The van der Waals surface area contributed by atoms with Crippen LogP contribution in [0.2, 0.25) is 0 Å². The Hall–Kier alpha value is -1.92. The Morgan fingerprint density at radius 2 is 2.26 bits per heavy atom. The van der Waals surface area contributed by atoms with Gasteiger partial charge in [-0.2, -0.15) is 4.98 Å². The highest BCUT2D eigenvalue weighted by Gasteiger charge is 2.28. The highest BCUT2D eigenvalue weighted by Crippen LogP contribution is 2.29. The second-order valence-electron chi connectivity index (χ2n) is 4.51. The molecule has 2 atom stereocenters. The molecule has 19 heavy (non-hydrogen) atoms. The van der Waals surface area contributed by atoms with Gasteiger partial charge in [0.1, 0.15) is 5.75 Å². The van der Waals surface area contributed by atoms with Crippen molar-refractivity contribution in [3.8, 4) is 17.1 Å². The monoisotopic (exact) mass is 261 g/mol. The van der Waals surface area contributed by atoms with Crippen molar-refractivity contribution in [2.45, 2.75) is 18.6 Å². The average molecular weight is 261 g/mol. The molecule has 0 spiro atoms. The van der Waals surface area contributed by atoms with E-state index >= 15 is 0 Å². The lowest BCUT2D eigenvalue weighted by Gasteiger charge is -2.03. The van der Waals surface area contributed by atoms with Gasteiger partial charge < -0.3 is 19.7 Å². The molecule has 3 rings (SSSR count). The van der Waals surface area contributed by atoms with Crippen LogP contribution < -0.4 is 10.1 Å². The van der Waals surface area contributed by atoms with Crippen molar-refractivity contribution >= 4 is 0 Å². The zero-order valence-corrected chi connectivity index (χ0v) is 10.5. The Morgan fingerprint density at radius 3 is 3.00 bits per heavy atom. The van der Waals surface area contributed by atoms with Crippen LogP contribution in [0.25, 0.3) is 11.4 Å². The summed E-state index contributed by atoms with van der Waals surface area (Å²) in [7, 11) is 1.61. The molecular formula is C13H15N3O3. The summed E-state index contributed by atoms with van der Waals surface area (Å²) in [4.78, 5) is 4.37. The van der Waals surface area contributed by atoms with Crippen LogP contribution in [0.15, 0.2) is 28.8 Å². The Bertz CT molecular complexity index is 570. The highest BCUT2D eigenvalue weighted by atomic mass is 16.5. The predicted molar refractivity (Wildman–Crippen MR) is 67.7 cm³/mol. The third-order valence-corrected chi connectivity index (χ3v) is 3.20. The van der Waals surface area contributed by atoms with Crippen molar-refractivity contribution in [2.75, 3.05) is 13.7 Å². The molecule has 6 heteroatoms. The van der Waals surface area contributed by atoms with Gasteiger partial charge in [0.05, 0.1) is 24.8 Å². The van der Waals surface area contributed by atoms with Gasteiger partial charge in [0.25, 0.3) is 0 Å². The number of hydrogen-bond donors (Lipinski definition) is 2. The molecule has 2 N–H and O–H groups in total. The molecule has 2 heterocycles. The molecule has 1 aliphatic rings. The summed E-state index contributed by atoms with van der Waals surface area (Å²) < 4.78 is 10.5. The first kappa shape index (κ1) is 12.1. The number of para-hydroxylation sites is 1. The van der Waals surface area contributed by atoms with E-state index in [1.807, 2.05) is 24.3 Å². The normalized spacial score (nSPS) is 22.6. The van der Waals surface area contributed by atoms with E-state index in [1.54, 1.807) is 7.11 Å². The Kier molecular flexibility index (Phi) is 3.18.